The lowest BCUT2D eigenvalue weighted by molar-refractivity contribution is 0.438. The molecule has 15 heavy (non-hydrogen) atoms. The van der Waals surface area contributed by atoms with Gasteiger partial charge in [-0.1, -0.05) is 3.89 Å². The molecule has 1 rings (SSSR count). The normalized spacial score (nSPS) is 11.4. The SMILES string of the molecule is Cc1c(N)cc(CS)cc1OS(=O)(=O)F. The molecule has 0 spiro atoms. The van der Waals surface area contributed by atoms with E-state index in [4.69, 9.17) is 5.73 Å². The number of halogens is 1. The van der Waals surface area contributed by atoms with Crippen LogP contribution >= 0.6 is 12.6 Å². The molecular formula is C8H10FNO3S2. The standard InChI is InChI=1S/C8H10FNO3S2/c1-5-7(10)2-6(4-14)3-8(5)13-15(9,11)12/h2-3,14H,4,10H2,1H3. The van der Waals surface area contributed by atoms with E-state index in [1.807, 2.05) is 0 Å². The van der Waals surface area contributed by atoms with E-state index in [9.17, 15) is 12.3 Å². The third-order valence-corrected chi connectivity index (χ3v) is 2.58. The van der Waals surface area contributed by atoms with Gasteiger partial charge in [0, 0.05) is 17.0 Å². The minimum Gasteiger partial charge on any atom is -0.398 e. The minimum absolute atomic E-state index is 0.110. The topological polar surface area (TPSA) is 69.4 Å². The van der Waals surface area contributed by atoms with E-state index in [2.05, 4.69) is 16.8 Å². The zero-order valence-corrected chi connectivity index (χ0v) is 9.61. The van der Waals surface area contributed by atoms with Gasteiger partial charge in [-0.05, 0) is 24.6 Å². The van der Waals surface area contributed by atoms with Gasteiger partial charge < -0.3 is 9.92 Å². The predicted molar refractivity (Wildman–Crippen MR) is 58.9 cm³/mol. The van der Waals surface area contributed by atoms with Crippen LogP contribution < -0.4 is 9.92 Å². The Morgan fingerprint density at radius 2 is 2.13 bits per heavy atom. The van der Waals surface area contributed by atoms with Gasteiger partial charge in [0.05, 0.1) is 0 Å². The van der Waals surface area contributed by atoms with Crippen LogP contribution in [0.2, 0.25) is 0 Å². The van der Waals surface area contributed by atoms with Crippen LogP contribution in [0.3, 0.4) is 0 Å². The highest BCUT2D eigenvalue weighted by Gasteiger charge is 2.14. The molecule has 0 aliphatic carbocycles. The van der Waals surface area contributed by atoms with Crippen molar-refractivity contribution in [1.82, 2.24) is 0 Å². The molecule has 0 radical (unpaired) electrons. The molecule has 0 fully saturated rings. The fourth-order valence-corrected chi connectivity index (χ4v) is 1.62. The number of rotatable bonds is 3. The Balaban J connectivity index is 3.22. The molecule has 0 aliphatic heterocycles. The fraction of sp³-hybridized carbons (Fsp3) is 0.250. The van der Waals surface area contributed by atoms with Crippen molar-refractivity contribution in [3.8, 4) is 5.75 Å². The van der Waals surface area contributed by atoms with E-state index in [0.717, 1.165) is 0 Å². The molecule has 0 saturated heterocycles. The molecule has 7 heteroatoms. The van der Waals surface area contributed by atoms with Crippen LogP contribution in [0.4, 0.5) is 9.57 Å². The van der Waals surface area contributed by atoms with Crippen molar-refractivity contribution < 1.29 is 16.5 Å². The first-order valence-corrected chi connectivity index (χ1v) is 5.91. The number of hydrogen-bond donors (Lipinski definition) is 2. The first-order valence-electron chi connectivity index (χ1n) is 3.97. The van der Waals surface area contributed by atoms with E-state index in [1.165, 1.54) is 13.0 Å². The molecule has 1 aromatic rings. The third-order valence-electron chi connectivity index (χ3n) is 1.83. The zero-order chi connectivity index (χ0) is 11.6. The molecule has 0 heterocycles. The Morgan fingerprint density at radius 3 is 2.60 bits per heavy atom. The number of thiol groups is 1. The summed E-state index contributed by atoms with van der Waals surface area (Å²) >= 11 is 4.00. The summed E-state index contributed by atoms with van der Waals surface area (Å²) in [6.07, 6.45) is 0. The zero-order valence-electron chi connectivity index (χ0n) is 7.90. The molecule has 0 atom stereocenters. The van der Waals surface area contributed by atoms with Gasteiger partial charge in [-0.15, -0.1) is 0 Å². The highest BCUT2D eigenvalue weighted by atomic mass is 32.3. The molecule has 2 N–H and O–H groups in total. The van der Waals surface area contributed by atoms with Gasteiger partial charge >= 0.3 is 10.5 Å². The summed E-state index contributed by atoms with van der Waals surface area (Å²) in [4.78, 5) is 0. The smallest absolute Gasteiger partial charge is 0.398 e. The maximum Gasteiger partial charge on any atom is 0.488 e. The van der Waals surface area contributed by atoms with Gasteiger partial charge in [-0.2, -0.15) is 21.0 Å². The Bertz CT molecular complexity index is 473. The van der Waals surface area contributed by atoms with Gasteiger partial charge in [-0.3, -0.25) is 0 Å². The Kier molecular flexibility index (Phi) is 3.46. The number of nitrogen functional groups attached to an aromatic ring is 1. The van der Waals surface area contributed by atoms with Crippen LogP contribution in [0.25, 0.3) is 0 Å². The van der Waals surface area contributed by atoms with Crippen molar-refractivity contribution in [3.05, 3.63) is 23.3 Å². The lowest BCUT2D eigenvalue weighted by Gasteiger charge is -2.09. The summed E-state index contributed by atoms with van der Waals surface area (Å²) in [5.74, 6) is 0.245. The molecule has 0 amide bonds. The second-order valence-corrected chi connectivity index (χ2v) is 4.21. The van der Waals surface area contributed by atoms with Gasteiger partial charge in [0.1, 0.15) is 0 Å². The van der Waals surface area contributed by atoms with Crippen molar-refractivity contribution in [2.75, 3.05) is 5.73 Å². The number of nitrogens with two attached hydrogens (primary N) is 1. The summed E-state index contributed by atoms with van der Waals surface area (Å²) < 4.78 is 37.1. The highest BCUT2D eigenvalue weighted by Crippen LogP contribution is 2.27. The molecule has 0 bridgehead atoms. The lowest BCUT2D eigenvalue weighted by atomic mass is 10.1. The molecule has 0 unspecified atom stereocenters. The Morgan fingerprint density at radius 1 is 1.53 bits per heavy atom. The first kappa shape index (κ1) is 12.1. The largest absolute Gasteiger partial charge is 0.488 e. The van der Waals surface area contributed by atoms with Crippen LogP contribution in [0.15, 0.2) is 12.1 Å². The molecule has 84 valence electrons. The van der Waals surface area contributed by atoms with Crippen molar-refractivity contribution in [2.45, 2.75) is 12.7 Å². The van der Waals surface area contributed by atoms with Crippen LogP contribution in [-0.4, -0.2) is 8.42 Å². The second-order valence-electron chi connectivity index (χ2n) is 2.94. The van der Waals surface area contributed by atoms with E-state index >= 15 is 0 Å². The summed E-state index contributed by atoms with van der Waals surface area (Å²) in [5, 5.41) is 0. The lowest BCUT2D eigenvalue weighted by Crippen LogP contribution is -2.04. The second kappa shape index (κ2) is 4.28. The summed E-state index contributed by atoms with van der Waals surface area (Å²) in [6, 6.07) is 3.01. The Hall–Kier alpha value is -0.950. The molecular weight excluding hydrogens is 241 g/mol. The summed E-state index contributed by atoms with van der Waals surface area (Å²) in [7, 11) is -5.02. The monoisotopic (exact) mass is 251 g/mol. The average molecular weight is 251 g/mol. The van der Waals surface area contributed by atoms with Crippen LogP contribution in [-0.2, 0) is 16.3 Å². The van der Waals surface area contributed by atoms with Crippen molar-refractivity contribution in [1.29, 1.82) is 0 Å². The highest BCUT2D eigenvalue weighted by molar-refractivity contribution is 7.81. The summed E-state index contributed by atoms with van der Waals surface area (Å²) in [5.41, 5.74) is 6.95. The third kappa shape index (κ3) is 3.28. The van der Waals surface area contributed by atoms with E-state index in [1.54, 1.807) is 6.07 Å². The molecule has 0 saturated carbocycles. The number of benzene rings is 1. The average Bonchev–Trinajstić information content (AvgIpc) is 2.10. The quantitative estimate of drug-likeness (QED) is 0.486. The first-order chi connectivity index (χ1) is 6.83. The van der Waals surface area contributed by atoms with E-state index < -0.39 is 10.5 Å². The Labute approximate surface area is 93.1 Å². The van der Waals surface area contributed by atoms with E-state index in [-0.39, 0.29) is 5.75 Å². The van der Waals surface area contributed by atoms with Gasteiger partial charge in [0.25, 0.3) is 0 Å². The molecule has 0 aliphatic rings. The minimum atomic E-state index is -5.02. The molecule has 4 nitrogen and oxygen atoms in total. The van der Waals surface area contributed by atoms with Crippen LogP contribution in [0.1, 0.15) is 11.1 Å². The summed E-state index contributed by atoms with van der Waals surface area (Å²) in [6.45, 7) is 1.54. The van der Waals surface area contributed by atoms with Crippen LogP contribution in [0.5, 0.6) is 5.75 Å². The fourth-order valence-electron chi connectivity index (χ4n) is 1.05. The molecule has 0 aromatic heterocycles. The van der Waals surface area contributed by atoms with Crippen molar-refractivity contribution in [3.63, 3.8) is 0 Å². The van der Waals surface area contributed by atoms with Gasteiger partial charge in [0.2, 0.25) is 0 Å². The van der Waals surface area contributed by atoms with Gasteiger partial charge in [0.15, 0.2) is 5.75 Å². The maximum atomic E-state index is 12.3. The van der Waals surface area contributed by atoms with Crippen molar-refractivity contribution in [2.24, 2.45) is 0 Å². The predicted octanol–water partition coefficient (Wildman–Crippen LogP) is 1.60. The molecule has 1 aromatic carbocycles. The maximum absolute atomic E-state index is 12.3. The van der Waals surface area contributed by atoms with Gasteiger partial charge in [-0.25, -0.2) is 0 Å². The number of hydrogen-bond acceptors (Lipinski definition) is 5. The van der Waals surface area contributed by atoms with Crippen molar-refractivity contribution >= 4 is 28.8 Å². The van der Waals surface area contributed by atoms with E-state index in [0.29, 0.717) is 22.6 Å². The number of anilines is 1. The van der Waals surface area contributed by atoms with Crippen LogP contribution in [0, 0.1) is 6.92 Å².